The highest BCUT2D eigenvalue weighted by atomic mass is 16.1. The monoisotopic (exact) mass is 300 g/mol. The first-order chi connectivity index (χ1) is 10.4. The Balaban J connectivity index is 1.80. The Hall–Kier alpha value is -0.590. The van der Waals surface area contributed by atoms with E-state index in [4.69, 9.17) is 0 Å². The third-order valence-electron chi connectivity index (χ3n) is 8.52. The Labute approximate surface area is 135 Å². The van der Waals surface area contributed by atoms with Gasteiger partial charge in [0.25, 0.3) is 0 Å². The minimum atomic E-state index is -0.141. The Morgan fingerprint density at radius 1 is 1.05 bits per heavy atom. The quantitative estimate of drug-likeness (QED) is 0.458. The van der Waals surface area contributed by atoms with Gasteiger partial charge in [0.2, 0.25) is 0 Å². The lowest BCUT2D eigenvalue weighted by Gasteiger charge is -2.61. The van der Waals surface area contributed by atoms with Crippen molar-refractivity contribution < 1.29 is 4.79 Å². The number of carbonyl (C=O) groups is 1. The normalized spacial score (nSPS) is 49.6. The van der Waals surface area contributed by atoms with E-state index in [-0.39, 0.29) is 10.8 Å². The molecule has 5 atom stereocenters. The van der Waals surface area contributed by atoms with Crippen LogP contribution < -0.4 is 0 Å². The fraction of sp³-hybridized carbons (Fsp3) is 0.857. The molecular weight excluding hydrogens is 268 g/mol. The predicted octanol–water partition coefficient (Wildman–Crippen LogP) is 5.54. The maximum atomic E-state index is 12.5. The summed E-state index contributed by atoms with van der Waals surface area (Å²) in [6.07, 6.45) is 15.7. The van der Waals surface area contributed by atoms with Crippen LogP contribution >= 0.6 is 0 Å². The third kappa shape index (κ3) is 1.69. The second-order valence-corrected chi connectivity index (χ2v) is 9.65. The second-order valence-electron chi connectivity index (χ2n) is 9.65. The smallest absolute Gasteiger partial charge is 0.131 e. The molecule has 0 N–H and O–H groups in total. The van der Waals surface area contributed by atoms with Crippen molar-refractivity contribution in [2.75, 3.05) is 0 Å². The Kier molecular flexibility index (Phi) is 3.20. The molecule has 0 amide bonds. The van der Waals surface area contributed by atoms with Crippen LogP contribution in [0, 0.1) is 34.0 Å². The lowest BCUT2D eigenvalue weighted by atomic mass is 9.42. The van der Waals surface area contributed by atoms with Crippen molar-refractivity contribution in [1.82, 2.24) is 0 Å². The summed E-state index contributed by atoms with van der Waals surface area (Å²) in [5.41, 5.74) is 2.10. The number of hydrogen-bond acceptors (Lipinski definition) is 1. The van der Waals surface area contributed by atoms with Gasteiger partial charge in [0.1, 0.15) is 6.29 Å². The van der Waals surface area contributed by atoms with Crippen molar-refractivity contribution in [3.05, 3.63) is 11.6 Å². The average Bonchev–Trinajstić information content (AvgIpc) is 2.88. The molecular formula is C21H32O. The van der Waals surface area contributed by atoms with Crippen LogP contribution in [0.5, 0.6) is 0 Å². The molecule has 0 aromatic heterocycles. The average molecular weight is 300 g/mol. The molecule has 0 aliphatic heterocycles. The van der Waals surface area contributed by atoms with E-state index in [0.717, 1.165) is 11.8 Å². The topological polar surface area (TPSA) is 17.1 Å². The van der Waals surface area contributed by atoms with Crippen molar-refractivity contribution in [2.24, 2.45) is 34.0 Å². The van der Waals surface area contributed by atoms with Gasteiger partial charge in [-0.3, -0.25) is 0 Å². The zero-order chi connectivity index (χ0) is 15.6. The minimum absolute atomic E-state index is 0.141. The van der Waals surface area contributed by atoms with Gasteiger partial charge in [0.05, 0.1) is 5.41 Å². The lowest BCUT2D eigenvalue weighted by molar-refractivity contribution is -0.137. The van der Waals surface area contributed by atoms with Crippen LogP contribution in [0.15, 0.2) is 11.6 Å². The van der Waals surface area contributed by atoms with Gasteiger partial charge in [-0.2, -0.15) is 0 Å². The van der Waals surface area contributed by atoms with Gasteiger partial charge in [-0.1, -0.05) is 38.8 Å². The van der Waals surface area contributed by atoms with Gasteiger partial charge < -0.3 is 4.79 Å². The van der Waals surface area contributed by atoms with E-state index in [2.05, 4.69) is 26.8 Å². The molecule has 1 heteroatoms. The van der Waals surface area contributed by atoms with E-state index < -0.39 is 0 Å². The zero-order valence-electron chi connectivity index (χ0n) is 14.7. The van der Waals surface area contributed by atoms with Crippen molar-refractivity contribution in [1.29, 1.82) is 0 Å². The Morgan fingerprint density at radius 2 is 1.86 bits per heavy atom. The molecule has 0 radical (unpaired) electrons. The van der Waals surface area contributed by atoms with Gasteiger partial charge in [0, 0.05) is 0 Å². The number of allylic oxidation sites excluding steroid dienone is 2. The van der Waals surface area contributed by atoms with Crippen LogP contribution in [0.3, 0.4) is 0 Å². The summed E-state index contributed by atoms with van der Waals surface area (Å²) in [4.78, 5) is 12.5. The van der Waals surface area contributed by atoms with Crippen molar-refractivity contribution in [2.45, 2.75) is 78.6 Å². The lowest BCUT2D eigenvalue weighted by Crippen LogP contribution is -2.56. The summed E-state index contributed by atoms with van der Waals surface area (Å²) in [7, 11) is 0. The fourth-order valence-corrected chi connectivity index (χ4v) is 7.36. The van der Waals surface area contributed by atoms with E-state index in [1.54, 1.807) is 0 Å². The van der Waals surface area contributed by atoms with Crippen LogP contribution in [0.25, 0.3) is 0 Å². The molecule has 0 aromatic rings. The highest BCUT2D eigenvalue weighted by Gasteiger charge is 2.61. The van der Waals surface area contributed by atoms with E-state index in [0.29, 0.717) is 11.3 Å². The van der Waals surface area contributed by atoms with Crippen molar-refractivity contribution in [3.63, 3.8) is 0 Å². The molecule has 0 unspecified atom stereocenters. The summed E-state index contributed by atoms with van der Waals surface area (Å²) in [6, 6.07) is 0. The van der Waals surface area contributed by atoms with Crippen LogP contribution in [-0.2, 0) is 4.79 Å². The number of rotatable bonds is 1. The molecule has 0 heterocycles. The maximum Gasteiger partial charge on any atom is 0.131 e. The van der Waals surface area contributed by atoms with Gasteiger partial charge in [-0.25, -0.2) is 0 Å². The molecule has 1 nitrogen and oxygen atoms in total. The highest BCUT2D eigenvalue weighted by Crippen LogP contribution is 2.68. The van der Waals surface area contributed by atoms with E-state index >= 15 is 0 Å². The van der Waals surface area contributed by atoms with E-state index in [1.165, 1.54) is 69.6 Å². The first-order valence-electron chi connectivity index (χ1n) is 9.60. The molecule has 0 spiro atoms. The predicted molar refractivity (Wildman–Crippen MR) is 90.5 cm³/mol. The van der Waals surface area contributed by atoms with Crippen LogP contribution in [0.2, 0.25) is 0 Å². The first kappa shape index (κ1) is 15.0. The summed E-state index contributed by atoms with van der Waals surface area (Å²) in [5.74, 6) is 2.27. The molecule has 3 fully saturated rings. The maximum absolute atomic E-state index is 12.5. The molecule has 0 saturated heterocycles. The standard InChI is InChI=1S/C21H32O/c1-19(2)11-4-6-15-8-9-16-17-7-5-12-20(17,3)13-10-18(16)21(15,19)14-22/h8,14,16-18H,4-7,9-13H2,1-3H3/t16-,17-,18-,20-,21-/m0/s1. The minimum Gasteiger partial charge on any atom is -0.302 e. The van der Waals surface area contributed by atoms with Gasteiger partial charge in [-0.15, -0.1) is 0 Å². The van der Waals surface area contributed by atoms with Crippen molar-refractivity contribution in [3.8, 4) is 0 Å². The molecule has 0 aromatic carbocycles. The summed E-state index contributed by atoms with van der Waals surface area (Å²) in [5, 5.41) is 0. The molecule has 4 aliphatic carbocycles. The van der Waals surface area contributed by atoms with E-state index in [9.17, 15) is 4.79 Å². The third-order valence-corrected chi connectivity index (χ3v) is 8.52. The number of hydrogen-bond donors (Lipinski definition) is 0. The molecule has 4 aliphatic rings. The number of fused-ring (bicyclic) bond motifs is 5. The molecule has 0 bridgehead atoms. The van der Waals surface area contributed by atoms with Gasteiger partial charge in [0.15, 0.2) is 0 Å². The number of aldehydes is 1. The zero-order valence-corrected chi connectivity index (χ0v) is 14.7. The van der Waals surface area contributed by atoms with Crippen LogP contribution in [0.1, 0.15) is 78.6 Å². The van der Waals surface area contributed by atoms with E-state index in [1.807, 2.05) is 0 Å². The van der Waals surface area contributed by atoms with Crippen molar-refractivity contribution >= 4 is 6.29 Å². The summed E-state index contributed by atoms with van der Waals surface area (Å²) >= 11 is 0. The molecule has 22 heavy (non-hydrogen) atoms. The van der Waals surface area contributed by atoms with Crippen LogP contribution in [0.4, 0.5) is 0 Å². The summed E-state index contributed by atoms with van der Waals surface area (Å²) < 4.78 is 0. The Morgan fingerprint density at radius 3 is 2.64 bits per heavy atom. The number of carbonyl (C=O) groups excluding carboxylic acids is 1. The highest BCUT2D eigenvalue weighted by molar-refractivity contribution is 5.69. The SMILES string of the molecule is CC1(C)CCCC2=CC[C@H]3[C@@H]4CCC[C@@]4(C)CC[C@@H]3[C@]21C=O. The fourth-order valence-electron chi connectivity index (χ4n) is 7.36. The Bertz CT molecular complexity index is 516. The second kappa shape index (κ2) is 4.71. The molecule has 3 saturated carbocycles. The van der Waals surface area contributed by atoms with Crippen LogP contribution in [-0.4, -0.2) is 6.29 Å². The first-order valence-corrected chi connectivity index (χ1v) is 9.60. The summed E-state index contributed by atoms with van der Waals surface area (Å²) in [6.45, 7) is 7.29. The van der Waals surface area contributed by atoms with Gasteiger partial charge >= 0.3 is 0 Å². The largest absolute Gasteiger partial charge is 0.302 e. The molecule has 122 valence electrons. The van der Waals surface area contributed by atoms with Gasteiger partial charge in [-0.05, 0) is 80.0 Å². The molecule has 4 rings (SSSR count).